The molecule has 0 saturated carbocycles. The molecule has 2 aromatic heterocycles. The molecule has 0 bridgehead atoms. The molecule has 0 spiro atoms. The van der Waals surface area contributed by atoms with Gasteiger partial charge in [-0.25, -0.2) is 14.5 Å². The Bertz CT molecular complexity index is 2310. The van der Waals surface area contributed by atoms with Gasteiger partial charge in [0.05, 0.1) is 6.54 Å². The number of thiazole rings is 1. The van der Waals surface area contributed by atoms with E-state index < -0.39 is 69.6 Å². The number of nitrogen functional groups attached to an aromatic ring is 1. The molecule has 2 atom stereocenters. The quantitative estimate of drug-likeness (QED) is 0.0403. The molecule has 4 amide bonds. The van der Waals surface area contributed by atoms with Crippen LogP contribution in [0, 0.1) is 0 Å². The number of aromatic hydroxyl groups is 4. The summed E-state index contributed by atoms with van der Waals surface area (Å²) < 4.78 is 1.27. The third-order valence-corrected chi connectivity index (χ3v) is 10.1. The molecular formula is C31H29N11O11S2. The SMILES string of the molecule is CC(C)(ON=C(C(=O)N[C@@H]1C(=O)N2C(C(=O)O)=C(Cn3nnnc3-c3ccc(O)c(O)c3)CS[C@H]12)c1csc(N)n1)C(=O)NNC(=O)c1ccc(O)c(O)c1. The number of phenolic OH excluding ortho intramolecular Hbond substituents is 4. The molecule has 1 saturated heterocycles. The van der Waals surface area contributed by atoms with Crippen molar-refractivity contribution in [1.82, 2.24) is 46.3 Å². The summed E-state index contributed by atoms with van der Waals surface area (Å²) in [5, 5.41) is 67.3. The number of phenols is 4. The van der Waals surface area contributed by atoms with Gasteiger partial charge in [0.2, 0.25) is 5.60 Å². The number of rotatable bonds is 11. The van der Waals surface area contributed by atoms with Crippen LogP contribution in [-0.2, 0) is 30.6 Å². The highest BCUT2D eigenvalue weighted by molar-refractivity contribution is 8.00. The standard InChI is InChI=1S/C31H29N11O11S2/c1-31(2,29(52)37-36-24(47)13-4-6-17(44)19(46)8-13)53-38-20(15-11-55-30(32)33-15)25(48)34-21-26(49)42-22(28(50)51)14(10-54-27(21)42)9-41-23(35-39-40-41)12-3-5-16(43)18(45)7-12/h3-8,11,21,27,43-46H,9-10H2,1-2H3,(H2,32,33)(H,34,48)(H,36,47)(H,37,52)(H,50,51)/t21-,27-/m1/s1. The maximum atomic E-state index is 13.6. The van der Waals surface area contributed by atoms with Crippen molar-refractivity contribution in [3.05, 3.63) is 64.3 Å². The number of hydrogen-bond donors (Lipinski definition) is 9. The highest BCUT2D eigenvalue weighted by atomic mass is 32.2. The Hall–Kier alpha value is -6.95. The number of carboxylic acids is 1. The van der Waals surface area contributed by atoms with Crippen molar-refractivity contribution in [1.29, 1.82) is 0 Å². The molecule has 2 aliphatic heterocycles. The first-order chi connectivity index (χ1) is 26.0. The predicted octanol–water partition coefficient (Wildman–Crippen LogP) is -0.399. The van der Waals surface area contributed by atoms with Crippen LogP contribution < -0.4 is 21.9 Å². The lowest BCUT2D eigenvalue weighted by Gasteiger charge is -2.49. The second kappa shape index (κ2) is 14.8. The molecule has 55 heavy (non-hydrogen) atoms. The molecule has 0 radical (unpaired) electrons. The van der Waals surface area contributed by atoms with Crippen LogP contribution in [0.4, 0.5) is 5.13 Å². The minimum Gasteiger partial charge on any atom is -0.504 e. The summed E-state index contributed by atoms with van der Waals surface area (Å²) >= 11 is 2.12. The van der Waals surface area contributed by atoms with Crippen molar-refractivity contribution < 1.29 is 54.3 Å². The Morgan fingerprint density at radius 1 is 1.04 bits per heavy atom. The third kappa shape index (κ3) is 7.61. The second-order valence-electron chi connectivity index (χ2n) is 12.2. The van der Waals surface area contributed by atoms with E-state index in [-0.39, 0.29) is 51.5 Å². The van der Waals surface area contributed by atoms with Gasteiger partial charge in [-0.2, -0.15) is 0 Å². The van der Waals surface area contributed by atoms with Gasteiger partial charge in [0.15, 0.2) is 39.7 Å². The smallest absolute Gasteiger partial charge is 0.352 e. The van der Waals surface area contributed by atoms with Gasteiger partial charge in [-0.3, -0.25) is 34.9 Å². The monoisotopic (exact) mass is 795 g/mol. The van der Waals surface area contributed by atoms with Crippen molar-refractivity contribution in [2.45, 2.75) is 37.4 Å². The lowest BCUT2D eigenvalue weighted by Crippen LogP contribution is -2.71. The number of tetrazole rings is 1. The maximum absolute atomic E-state index is 13.6. The Kier molecular flexibility index (Phi) is 10.2. The van der Waals surface area contributed by atoms with E-state index in [4.69, 9.17) is 10.6 Å². The van der Waals surface area contributed by atoms with E-state index in [1.807, 2.05) is 0 Å². The predicted molar refractivity (Wildman–Crippen MR) is 190 cm³/mol. The first-order valence-corrected chi connectivity index (χ1v) is 17.6. The molecule has 4 heterocycles. The zero-order valence-electron chi connectivity index (χ0n) is 28.3. The van der Waals surface area contributed by atoms with Gasteiger partial charge in [-0.05, 0) is 66.2 Å². The summed E-state index contributed by atoms with van der Waals surface area (Å²) in [6.07, 6.45) is 0. The van der Waals surface area contributed by atoms with Crippen LogP contribution in [0.1, 0.15) is 29.9 Å². The number of hydrogen-bond acceptors (Lipinski definition) is 18. The fourth-order valence-electron chi connectivity index (χ4n) is 5.18. The van der Waals surface area contributed by atoms with E-state index in [2.05, 4.69) is 41.8 Å². The number of nitrogens with zero attached hydrogens (tertiary/aromatic N) is 7. The molecular weight excluding hydrogens is 767 g/mol. The van der Waals surface area contributed by atoms with Crippen molar-refractivity contribution in [2.24, 2.45) is 5.16 Å². The number of oxime groups is 1. The Balaban J connectivity index is 1.16. The number of nitrogens with two attached hydrogens (primary N) is 1. The number of amides is 4. The lowest BCUT2D eigenvalue weighted by atomic mass is 10.0. The topological polar surface area (TPSA) is 330 Å². The molecule has 2 aromatic carbocycles. The number of thioether (sulfide) groups is 1. The fraction of sp³-hybridized carbons (Fsp3) is 0.226. The molecule has 0 unspecified atom stereocenters. The number of aliphatic carboxylic acids is 1. The van der Waals surface area contributed by atoms with Crippen LogP contribution in [0.2, 0.25) is 0 Å². The van der Waals surface area contributed by atoms with E-state index >= 15 is 0 Å². The van der Waals surface area contributed by atoms with Crippen molar-refractivity contribution in [3.8, 4) is 34.4 Å². The minimum absolute atomic E-state index is 0.0564. The Morgan fingerprint density at radius 2 is 1.75 bits per heavy atom. The molecule has 10 N–H and O–H groups in total. The van der Waals surface area contributed by atoms with Crippen molar-refractivity contribution >= 4 is 63.5 Å². The number of hydrazine groups is 1. The van der Waals surface area contributed by atoms with E-state index in [0.29, 0.717) is 5.56 Å². The van der Waals surface area contributed by atoms with Gasteiger partial charge in [-0.15, -0.1) is 28.2 Å². The van der Waals surface area contributed by atoms with E-state index in [0.717, 1.165) is 40.1 Å². The first kappa shape index (κ1) is 37.8. The van der Waals surface area contributed by atoms with Crippen LogP contribution in [-0.4, -0.2) is 114 Å². The number of aromatic nitrogens is 5. The number of fused-ring (bicyclic) bond motifs is 1. The normalized spacial score (nSPS) is 16.9. The Labute approximate surface area is 316 Å². The number of anilines is 1. The highest BCUT2D eigenvalue weighted by Gasteiger charge is 2.54. The number of β-lactam (4-membered cyclic amide) rings is 1. The van der Waals surface area contributed by atoms with Crippen LogP contribution in [0.25, 0.3) is 11.4 Å². The maximum Gasteiger partial charge on any atom is 0.352 e. The zero-order valence-corrected chi connectivity index (χ0v) is 30.0. The zero-order chi connectivity index (χ0) is 39.8. The molecule has 286 valence electrons. The number of nitrogens with one attached hydrogen (secondary N) is 3. The van der Waals surface area contributed by atoms with Crippen LogP contribution in [0.15, 0.2) is 58.2 Å². The summed E-state index contributed by atoms with van der Waals surface area (Å²) in [4.78, 5) is 75.5. The van der Waals surface area contributed by atoms with Crippen molar-refractivity contribution in [2.75, 3.05) is 11.5 Å². The summed E-state index contributed by atoms with van der Waals surface area (Å²) in [5.74, 6) is -6.46. The third-order valence-electron chi connectivity index (χ3n) is 8.06. The average molecular weight is 796 g/mol. The van der Waals surface area contributed by atoms with Gasteiger partial charge in [-0.1, -0.05) is 5.16 Å². The first-order valence-electron chi connectivity index (χ1n) is 15.7. The number of carbonyl (C=O) groups is 5. The van der Waals surface area contributed by atoms with Gasteiger partial charge in [0.25, 0.3) is 23.6 Å². The number of benzene rings is 2. The summed E-state index contributed by atoms with van der Waals surface area (Å²) in [6, 6.07) is 5.95. The average Bonchev–Trinajstić information content (AvgIpc) is 3.80. The fourth-order valence-corrected chi connectivity index (χ4v) is 7.06. The van der Waals surface area contributed by atoms with Crippen molar-refractivity contribution in [3.63, 3.8) is 0 Å². The van der Waals surface area contributed by atoms with Gasteiger partial charge < -0.3 is 41.4 Å². The number of carboxylic acid groups (broad SMARTS) is 1. The van der Waals surface area contributed by atoms with E-state index in [9.17, 15) is 49.5 Å². The van der Waals surface area contributed by atoms with Crippen LogP contribution >= 0.6 is 23.1 Å². The van der Waals surface area contributed by atoms with Gasteiger partial charge in [0.1, 0.15) is 22.8 Å². The molecule has 6 rings (SSSR count). The van der Waals surface area contributed by atoms with Crippen LogP contribution in [0.5, 0.6) is 23.0 Å². The number of carbonyl (C=O) groups excluding carboxylic acids is 4. The van der Waals surface area contributed by atoms with Gasteiger partial charge >= 0.3 is 5.97 Å². The van der Waals surface area contributed by atoms with Gasteiger partial charge in [0, 0.05) is 22.3 Å². The minimum atomic E-state index is -1.83. The van der Waals surface area contributed by atoms with E-state index in [1.54, 1.807) is 0 Å². The molecule has 22 nitrogen and oxygen atoms in total. The highest BCUT2D eigenvalue weighted by Crippen LogP contribution is 2.41. The van der Waals surface area contributed by atoms with Crippen LogP contribution in [0.3, 0.4) is 0 Å². The molecule has 1 fully saturated rings. The Morgan fingerprint density at radius 3 is 2.40 bits per heavy atom. The summed E-state index contributed by atoms with van der Waals surface area (Å²) in [6.45, 7) is 2.38. The largest absolute Gasteiger partial charge is 0.504 e. The summed E-state index contributed by atoms with van der Waals surface area (Å²) in [5.41, 5.74) is 7.83. The lowest BCUT2D eigenvalue weighted by molar-refractivity contribution is -0.150. The summed E-state index contributed by atoms with van der Waals surface area (Å²) in [7, 11) is 0. The molecule has 4 aromatic rings. The van der Waals surface area contributed by atoms with E-state index in [1.165, 1.54) is 48.2 Å². The molecule has 0 aliphatic carbocycles. The molecule has 2 aliphatic rings. The second-order valence-corrected chi connectivity index (χ2v) is 14.2. The molecule has 24 heteroatoms.